The third-order valence-electron chi connectivity index (χ3n) is 6.88. The number of aliphatic imine (C=N–C) groups is 1. The fourth-order valence-corrected chi connectivity index (χ4v) is 5.07. The van der Waals surface area contributed by atoms with Gasteiger partial charge in [0.25, 0.3) is 0 Å². The summed E-state index contributed by atoms with van der Waals surface area (Å²) in [6.07, 6.45) is 10.8. The molecule has 2 saturated carbocycles. The van der Waals surface area contributed by atoms with E-state index in [1.807, 2.05) is 24.3 Å². The molecule has 2 aromatic heterocycles. The van der Waals surface area contributed by atoms with Crippen LogP contribution in [0.4, 0.5) is 23.3 Å². The van der Waals surface area contributed by atoms with Gasteiger partial charge in [-0.25, -0.2) is 9.98 Å². The van der Waals surface area contributed by atoms with Gasteiger partial charge >= 0.3 is 0 Å². The quantitative estimate of drug-likeness (QED) is 0.240. The maximum absolute atomic E-state index is 9.06. The number of guanidine groups is 1. The Labute approximate surface area is 210 Å². The van der Waals surface area contributed by atoms with Crippen LogP contribution < -0.4 is 21.7 Å². The average Bonchev–Trinajstić information content (AvgIpc) is 3.54. The highest BCUT2D eigenvalue weighted by atomic mass is 15.2. The van der Waals surface area contributed by atoms with Crippen LogP contribution in [-0.4, -0.2) is 38.2 Å². The van der Waals surface area contributed by atoms with Gasteiger partial charge in [-0.2, -0.15) is 15.3 Å². The number of hydrogen-bond acceptors (Lipinski definition) is 7. The molecular formula is C26H32N10. The fraction of sp³-hybridized carbons (Fsp3) is 0.423. The van der Waals surface area contributed by atoms with Crippen LogP contribution in [0.15, 0.2) is 47.6 Å². The van der Waals surface area contributed by atoms with Crippen LogP contribution in [0.2, 0.25) is 0 Å². The fourth-order valence-electron chi connectivity index (χ4n) is 5.07. The summed E-state index contributed by atoms with van der Waals surface area (Å²) in [5, 5.41) is 26.5. The lowest BCUT2D eigenvalue weighted by molar-refractivity contribution is 0.461. The molecule has 10 heteroatoms. The normalized spacial score (nSPS) is 20.6. The molecule has 6 N–H and O–H groups in total. The number of nitriles is 1. The van der Waals surface area contributed by atoms with E-state index in [0.29, 0.717) is 29.4 Å². The molecule has 36 heavy (non-hydrogen) atoms. The van der Waals surface area contributed by atoms with Crippen molar-refractivity contribution < 1.29 is 0 Å². The van der Waals surface area contributed by atoms with Gasteiger partial charge in [-0.05, 0) is 56.4 Å². The average molecular weight is 485 g/mol. The molecule has 186 valence electrons. The Morgan fingerprint density at radius 1 is 1.08 bits per heavy atom. The summed E-state index contributed by atoms with van der Waals surface area (Å²) in [4.78, 5) is 13.7. The molecule has 0 spiro atoms. The first kappa shape index (κ1) is 23.6. The van der Waals surface area contributed by atoms with Crippen LogP contribution in [0.25, 0.3) is 0 Å². The summed E-state index contributed by atoms with van der Waals surface area (Å²) in [6.45, 7) is 0. The van der Waals surface area contributed by atoms with Crippen molar-refractivity contribution in [1.29, 1.82) is 5.26 Å². The smallest absolute Gasteiger partial charge is 0.224 e. The van der Waals surface area contributed by atoms with Gasteiger partial charge in [-0.3, -0.25) is 5.10 Å². The zero-order chi connectivity index (χ0) is 24.7. The highest BCUT2D eigenvalue weighted by Crippen LogP contribution is 2.36. The second-order valence-corrected chi connectivity index (χ2v) is 9.57. The summed E-state index contributed by atoms with van der Waals surface area (Å²) >= 11 is 0. The Morgan fingerprint density at radius 3 is 2.83 bits per heavy atom. The van der Waals surface area contributed by atoms with Gasteiger partial charge in [0.2, 0.25) is 5.95 Å². The first-order valence-electron chi connectivity index (χ1n) is 12.7. The minimum Gasteiger partial charge on any atom is -0.370 e. The van der Waals surface area contributed by atoms with E-state index in [-0.39, 0.29) is 6.04 Å². The molecule has 10 nitrogen and oxygen atoms in total. The Hall–Kier alpha value is -4.13. The number of aromatic nitrogens is 4. The summed E-state index contributed by atoms with van der Waals surface area (Å²) in [7, 11) is 0. The maximum atomic E-state index is 9.06. The van der Waals surface area contributed by atoms with Gasteiger partial charge in [0, 0.05) is 35.6 Å². The number of nitrogens with one attached hydrogen (secondary N) is 4. The number of hydrogen-bond donors (Lipinski definition) is 5. The SMILES string of the molecule is N#Cc1cccc(NC(N)=NC2CCC(c3cc(Nc4ccnc(NC5CCCCC5)n4)n[nH]3)C2)c1. The first-order chi connectivity index (χ1) is 17.6. The Morgan fingerprint density at radius 2 is 1.97 bits per heavy atom. The third-order valence-corrected chi connectivity index (χ3v) is 6.88. The van der Waals surface area contributed by atoms with E-state index in [9.17, 15) is 0 Å². The predicted molar refractivity (Wildman–Crippen MR) is 141 cm³/mol. The van der Waals surface area contributed by atoms with Crippen molar-refractivity contribution in [3.8, 4) is 6.07 Å². The molecule has 0 bridgehead atoms. The van der Waals surface area contributed by atoms with Crippen LogP contribution in [0.5, 0.6) is 0 Å². The topological polar surface area (TPSA) is 153 Å². The van der Waals surface area contributed by atoms with Crippen molar-refractivity contribution in [2.45, 2.75) is 69.4 Å². The highest BCUT2D eigenvalue weighted by molar-refractivity contribution is 5.92. The zero-order valence-electron chi connectivity index (χ0n) is 20.2. The Bertz CT molecular complexity index is 1240. The number of nitrogens with zero attached hydrogens (tertiary/aromatic N) is 5. The molecule has 0 amide bonds. The van der Waals surface area contributed by atoms with Crippen molar-refractivity contribution in [2.75, 3.05) is 16.0 Å². The molecular weight excluding hydrogens is 452 g/mol. The second-order valence-electron chi connectivity index (χ2n) is 9.57. The zero-order valence-corrected chi connectivity index (χ0v) is 20.2. The number of H-pyrrole nitrogens is 1. The molecule has 3 aromatic rings. The molecule has 2 unspecified atom stereocenters. The van der Waals surface area contributed by atoms with E-state index in [1.54, 1.807) is 18.3 Å². The van der Waals surface area contributed by atoms with Crippen LogP contribution in [0.3, 0.4) is 0 Å². The third kappa shape index (κ3) is 6.10. The van der Waals surface area contributed by atoms with Gasteiger partial charge in [0.15, 0.2) is 11.8 Å². The molecule has 1 aromatic carbocycles. The number of aromatic amines is 1. The Kier molecular flexibility index (Phi) is 7.26. The lowest BCUT2D eigenvalue weighted by Gasteiger charge is -2.22. The lowest BCUT2D eigenvalue weighted by atomic mass is 9.96. The van der Waals surface area contributed by atoms with E-state index < -0.39 is 0 Å². The largest absolute Gasteiger partial charge is 0.370 e. The summed E-state index contributed by atoms with van der Waals surface area (Å²) in [6, 6.07) is 13.8. The first-order valence-corrected chi connectivity index (χ1v) is 12.7. The Balaban J connectivity index is 1.15. The minimum absolute atomic E-state index is 0.136. The number of benzene rings is 1. The highest BCUT2D eigenvalue weighted by Gasteiger charge is 2.27. The van der Waals surface area contributed by atoms with E-state index in [4.69, 9.17) is 11.0 Å². The van der Waals surface area contributed by atoms with Crippen molar-refractivity contribution >= 4 is 29.2 Å². The monoisotopic (exact) mass is 484 g/mol. The second kappa shape index (κ2) is 11.1. The van der Waals surface area contributed by atoms with Crippen LogP contribution in [0, 0.1) is 11.3 Å². The van der Waals surface area contributed by atoms with Gasteiger partial charge < -0.3 is 21.7 Å². The molecule has 0 radical (unpaired) electrons. The van der Waals surface area contributed by atoms with Crippen LogP contribution in [-0.2, 0) is 0 Å². The number of nitrogens with two attached hydrogens (primary N) is 1. The van der Waals surface area contributed by atoms with Crippen LogP contribution in [0.1, 0.15) is 68.5 Å². The van der Waals surface area contributed by atoms with E-state index in [1.165, 1.54) is 32.1 Å². The molecule has 5 rings (SSSR count). The summed E-state index contributed by atoms with van der Waals surface area (Å²) in [5.74, 6) is 2.81. The van der Waals surface area contributed by atoms with Crippen molar-refractivity contribution in [3.05, 3.63) is 53.9 Å². The minimum atomic E-state index is 0.136. The number of rotatable bonds is 7. The number of anilines is 4. The van der Waals surface area contributed by atoms with Gasteiger partial charge in [0.05, 0.1) is 17.7 Å². The van der Waals surface area contributed by atoms with Gasteiger partial charge in [0.1, 0.15) is 5.82 Å². The van der Waals surface area contributed by atoms with E-state index >= 15 is 0 Å². The van der Waals surface area contributed by atoms with Crippen LogP contribution >= 0.6 is 0 Å². The molecule has 0 saturated heterocycles. The van der Waals surface area contributed by atoms with E-state index in [2.05, 4.69) is 47.2 Å². The molecule has 2 aliphatic carbocycles. The van der Waals surface area contributed by atoms with Crippen molar-refractivity contribution in [3.63, 3.8) is 0 Å². The lowest BCUT2D eigenvalue weighted by Crippen LogP contribution is -2.24. The maximum Gasteiger partial charge on any atom is 0.224 e. The molecule has 0 aliphatic heterocycles. The summed E-state index contributed by atoms with van der Waals surface area (Å²) < 4.78 is 0. The van der Waals surface area contributed by atoms with E-state index in [0.717, 1.165) is 42.3 Å². The molecule has 2 fully saturated rings. The standard InChI is InChI=1S/C26H32N10/c27-16-17-5-4-8-20(13-17)30-25(28)31-21-10-9-18(14-21)22-15-24(36-35-22)33-23-11-12-29-26(34-23)32-19-6-2-1-3-7-19/h4-5,8,11-13,15,18-19,21H,1-3,6-7,9-10,14H2,(H3,28,30,31)(H3,29,32,33,34,35,36). The summed E-state index contributed by atoms with van der Waals surface area (Å²) in [5.41, 5.74) is 8.55. The molecule has 2 atom stereocenters. The van der Waals surface area contributed by atoms with Crippen molar-refractivity contribution in [2.24, 2.45) is 10.7 Å². The van der Waals surface area contributed by atoms with Gasteiger partial charge in [-0.15, -0.1) is 0 Å². The van der Waals surface area contributed by atoms with Gasteiger partial charge in [-0.1, -0.05) is 25.3 Å². The molecule has 2 aliphatic rings. The van der Waals surface area contributed by atoms with Crippen molar-refractivity contribution in [1.82, 2.24) is 20.2 Å². The predicted octanol–water partition coefficient (Wildman–Crippen LogP) is 4.62. The molecule has 2 heterocycles.